The number of rotatable bonds is 2. The Morgan fingerprint density at radius 1 is 1.58 bits per heavy atom. The second-order valence-corrected chi connectivity index (χ2v) is 3.25. The van der Waals surface area contributed by atoms with E-state index in [0.29, 0.717) is 12.0 Å². The first-order valence-corrected chi connectivity index (χ1v) is 3.88. The minimum absolute atomic E-state index is 0. The number of carbonyl (C=O) groups is 1. The first-order valence-electron chi connectivity index (χ1n) is 3.88. The third-order valence-corrected chi connectivity index (χ3v) is 2.42. The van der Waals surface area contributed by atoms with Crippen molar-refractivity contribution in [1.82, 2.24) is 4.90 Å². The van der Waals surface area contributed by atoms with E-state index in [2.05, 4.69) is 12.2 Å². The molecule has 2 aliphatic rings. The van der Waals surface area contributed by atoms with Crippen LogP contribution in [0.15, 0.2) is 12.2 Å². The minimum atomic E-state index is -0.967. The van der Waals surface area contributed by atoms with E-state index in [1.54, 1.807) is 0 Å². The van der Waals surface area contributed by atoms with Gasteiger partial charge in [-0.3, -0.25) is 4.90 Å². The van der Waals surface area contributed by atoms with Gasteiger partial charge in [-0.25, -0.2) is 0 Å². The van der Waals surface area contributed by atoms with Crippen molar-refractivity contribution in [2.24, 2.45) is 5.92 Å². The maximum absolute atomic E-state index is 10.3. The summed E-state index contributed by atoms with van der Waals surface area (Å²) in [5.41, 5.74) is 0. The van der Waals surface area contributed by atoms with Gasteiger partial charge in [0.2, 0.25) is 0 Å². The number of carboxylic acid groups (broad SMARTS) is 1. The van der Waals surface area contributed by atoms with Crippen LogP contribution < -0.4 is 56.5 Å². The number of nitrogens with zero attached hydrogens (tertiary/aromatic N) is 1. The number of carboxylic acids is 1. The summed E-state index contributed by atoms with van der Waals surface area (Å²) >= 11 is 0. The van der Waals surface area contributed by atoms with Gasteiger partial charge in [-0.15, -0.1) is 0 Å². The third kappa shape index (κ3) is 2.19. The van der Waals surface area contributed by atoms with Crippen molar-refractivity contribution in [3.63, 3.8) is 0 Å². The average Bonchev–Trinajstić information content (AvgIpc) is 2.45. The Kier molecular flexibility index (Phi) is 3.94. The Labute approximate surface area is 114 Å². The van der Waals surface area contributed by atoms with E-state index in [1.165, 1.54) is 0 Å². The van der Waals surface area contributed by atoms with Gasteiger partial charge < -0.3 is 9.90 Å². The molecule has 1 fully saturated rings. The van der Waals surface area contributed by atoms with Crippen molar-refractivity contribution in [3.8, 4) is 0 Å². The average molecular weight is 191 g/mol. The first kappa shape index (κ1) is 10.9. The van der Waals surface area contributed by atoms with Crippen molar-refractivity contribution < 1.29 is 61.3 Å². The van der Waals surface area contributed by atoms with Crippen molar-refractivity contribution in [1.29, 1.82) is 0 Å². The smallest absolute Gasteiger partial charge is 0.549 e. The molecule has 12 heavy (non-hydrogen) atoms. The fourth-order valence-corrected chi connectivity index (χ4v) is 1.94. The molecule has 0 N–H and O–H groups in total. The van der Waals surface area contributed by atoms with Crippen molar-refractivity contribution >= 4 is 5.97 Å². The summed E-state index contributed by atoms with van der Waals surface area (Å²) in [5, 5.41) is 10.3. The van der Waals surface area contributed by atoms with Crippen LogP contribution in [0.4, 0.5) is 0 Å². The number of likely N-dealkylation sites (tertiary alicyclic amines) is 1. The summed E-state index contributed by atoms with van der Waals surface area (Å²) in [7, 11) is 0. The maximum atomic E-state index is 10.3. The van der Waals surface area contributed by atoms with Gasteiger partial charge in [0.1, 0.15) is 0 Å². The second-order valence-electron chi connectivity index (χ2n) is 3.25. The summed E-state index contributed by atoms with van der Waals surface area (Å²) in [4.78, 5) is 12.2. The van der Waals surface area contributed by atoms with E-state index < -0.39 is 5.97 Å². The zero-order chi connectivity index (χ0) is 7.84. The predicted octanol–water partition coefficient (Wildman–Crippen LogP) is -4.00. The molecular weight excluding hydrogens is 181 g/mol. The number of fused-ring (bicyclic) bond motifs is 2. The molecule has 1 aliphatic carbocycles. The molecule has 1 aliphatic heterocycles. The zero-order valence-corrected chi connectivity index (χ0v) is 10.3. The van der Waals surface area contributed by atoms with Crippen molar-refractivity contribution in [2.75, 3.05) is 13.1 Å². The third-order valence-electron chi connectivity index (χ3n) is 2.42. The molecule has 2 bridgehead atoms. The summed E-state index contributed by atoms with van der Waals surface area (Å²) in [5.74, 6) is -0.370. The van der Waals surface area contributed by atoms with Crippen molar-refractivity contribution in [2.45, 2.75) is 12.5 Å². The molecule has 0 radical (unpaired) electrons. The normalized spacial score (nSPS) is 32.0. The van der Waals surface area contributed by atoms with Crippen LogP contribution in [-0.2, 0) is 4.79 Å². The number of aliphatic carboxylic acids is 1. The van der Waals surface area contributed by atoms with Crippen LogP contribution in [0, 0.1) is 5.92 Å². The molecule has 2 atom stereocenters. The molecule has 1 heterocycles. The van der Waals surface area contributed by atoms with E-state index in [-0.39, 0.29) is 57.9 Å². The van der Waals surface area contributed by atoms with E-state index in [4.69, 9.17) is 0 Å². The van der Waals surface area contributed by atoms with Crippen LogP contribution in [0.25, 0.3) is 0 Å². The Balaban J connectivity index is 0.000000720. The molecule has 3 nitrogen and oxygen atoms in total. The Hall–Kier alpha value is 0.806. The van der Waals surface area contributed by atoms with E-state index in [9.17, 15) is 9.90 Å². The minimum Gasteiger partial charge on any atom is -0.549 e. The van der Waals surface area contributed by atoms with E-state index >= 15 is 0 Å². The molecule has 0 aromatic carbocycles. The van der Waals surface area contributed by atoms with Crippen LogP contribution in [0.3, 0.4) is 0 Å². The molecule has 4 heteroatoms. The van der Waals surface area contributed by atoms with Crippen LogP contribution in [0.1, 0.15) is 6.42 Å². The number of hydrogen-bond donors (Lipinski definition) is 0. The van der Waals surface area contributed by atoms with Crippen LogP contribution in [-0.4, -0.2) is 30.0 Å². The van der Waals surface area contributed by atoms with Crippen molar-refractivity contribution in [3.05, 3.63) is 12.2 Å². The van der Waals surface area contributed by atoms with E-state index in [1.807, 2.05) is 4.90 Å². The van der Waals surface area contributed by atoms with Crippen LogP contribution >= 0.6 is 0 Å². The Morgan fingerprint density at radius 3 is 2.75 bits per heavy atom. The first-order chi connectivity index (χ1) is 5.25. The second kappa shape index (κ2) is 4.35. The molecule has 2 rings (SSSR count). The van der Waals surface area contributed by atoms with E-state index in [0.717, 1.165) is 13.0 Å². The number of carbonyl (C=O) groups excluding carboxylic acids is 1. The molecule has 0 saturated carbocycles. The Morgan fingerprint density at radius 2 is 2.33 bits per heavy atom. The topological polar surface area (TPSA) is 43.4 Å². The predicted molar refractivity (Wildman–Crippen MR) is 37.6 cm³/mol. The fourth-order valence-electron chi connectivity index (χ4n) is 1.94. The fraction of sp³-hybridized carbons (Fsp3) is 0.625. The number of hydrogen-bond acceptors (Lipinski definition) is 3. The molecule has 60 valence electrons. The van der Waals surface area contributed by atoms with Gasteiger partial charge >= 0.3 is 51.4 Å². The molecule has 0 amide bonds. The van der Waals surface area contributed by atoms with Crippen LogP contribution in [0.2, 0.25) is 0 Å². The van der Waals surface area contributed by atoms with Gasteiger partial charge in [-0.2, -0.15) is 0 Å². The monoisotopic (exact) mass is 191 g/mol. The molecule has 1 saturated heterocycles. The summed E-state index contributed by atoms with van der Waals surface area (Å²) in [6, 6.07) is 0.373. The maximum Gasteiger partial charge on any atom is 1.00 e. The SMILES string of the molecule is O=C([O-])CN1CC2C=CC1C2.[K+]. The molecular formula is C8H10KNO2. The largest absolute Gasteiger partial charge is 1.00 e. The molecule has 0 spiro atoms. The molecule has 0 aromatic heterocycles. The van der Waals surface area contributed by atoms with Gasteiger partial charge in [-0.1, -0.05) is 12.2 Å². The van der Waals surface area contributed by atoms with Gasteiger partial charge in [0, 0.05) is 19.1 Å². The Bertz CT molecular complexity index is 217. The summed E-state index contributed by atoms with van der Waals surface area (Å²) in [6.07, 6.45) is 5.38. The summed E-state index contributed by atoms with van der Waals surface area (Å²) in [6.45, 7) is 0.987. The van der Waals surface area contributed by atoms with Crippen LogP contribution in [0.5, 0.6) is 0 Å². The van der Waals surface area contributed by atoms with Gasteiger partial charge in [0.05, 0.1) is 5.97 Å². The zero-order valence-electron chi connectivity index (χ0n) is 7.19. The van der Waals surface area contributed by atoms with Gasteiger partial charge in [-0.05, 0) is 12.3 Å². The quantitative estimate of drug-likeness (QED) is 0.330. The molecule has 0 aromatic rings. The molecule has 2 unspecified atom stereocenters. The summed E-state index contributed by atoms with van der Waals surface area (Å²) < 4.78 is 0. The van der Waals surface area contributed by atoms with Gasteiger partial charge in [0.15, 0.2) is 0 Å². The van der Waals surface area contributed by atoms with Gasteiger partial charge in [0.25, 0.3) is 0 Å². The standard InChI is InChI=1S/C8H11NO2.K/c10-8(11)5-9-4-6-1-2-7(9)3-6;/h1-2,6-7H,3-5H2,(H,10,11);/q;+1/p-1.